The molecule has 0 saturated carbocycles. The Labute approximate surface area is 89.1 Å². The van der Waals surface area contributed by atoms with E-state index < -0.39 is 0 Å². The second kappa shape index (κ2) is 3.73. The molecule has 0 unspecified atom stereocenters. The maximum atomic E-state index is 4.53. The number of nitrogens with zero attached hydrogens (tertiary/aromatic N) is 1. The number of thiophene rings is 1. The first-order chi connectivity index (χ1) is 6.70. The van der Waals surface area contributed by atoms with E-state index in [0.717, 1.165) is 18.8 Å². The highest BCUT2D eigenvalue weighted by atomic mass is 32.1. The zero-order chi connectivity index (χ0) is 10.1. The number of anilines is 1. The Bertz CT molecular complexity index is 363. The highest BCUT2D eigenvalue weighted by molar-refractivity contribution is 7.16. The van der Waals surface area contributed by atoms with E-state index in [2.05, 4.69) is 37.1 Å². The average molecular weight is 208 g/mol. The first-order valence-electron chi connectivity index (χ1n) is 5.13. The van der Waals surface area contributed by atoms with Gasteiger partial charge >= 0.3 is 0 Å². The summed E-state index contributed by atoms with van der Waals surface area (Å²) >= 11 is 1.86. The van der Waals surface area contributed by atoms with Gasteiger partial charge in [0.1, 0.15) is 5.84 Å². The van der Waals surface area contributed by atoms with Gasteiger partial charge in [-0.1, -0.05) is 20.8 Å². The second-order valence-corrected chi connectivity index (χ2v) is 5.04. The number of rotatable bonds is 2. The molecule has 1 N–H and O–H groups in total. The molecule has 0 radical (unpaired) electrons. The predicted molar refractivity (Wildman–Crippen MR) is 63.3 cm³/mol. The zero-order valence-corrected chi connectivity index (χ0v) is 9.74. The Morgan fingerprint density at radius 1 is 1.57 bits per heavy atom. The van der Waals surface area contributed by atoms with Crippen LogP contribution < -0.4 is 5.32 Å². The average Bonchev–Trinajstić information content (AvgIpc) is 2.58. The Balaban J connectivity index is 2.23. The van der Waals surface area contributed by atoms with Crippen LogP contribution in [0, 0.1) is 5.92 Å². The van der Waals surface area contributed by atoms with E-state index in [1.807, 2.05) is 11.3 Å². The molecule has 0 fully saturated rings. The van der Waals surface area contributed by atoms with E-state index >= 15 is 0 Å². The number of hydrogen-bond acceptors (Lipinski definition) is 3. The quantitative estimate of drug-likeness (QED) is 0.792. The third-order valence-corrected chi connectivity index (χ3v) is 3.65. The van der Waals surface area contributed by atoms with E-state index in [4.69, 9.17) is 0 Å². The summed E-state index contributed by atoms with van der Waals surface area (Å²) in [5.74, 6) is 1.62. The fraction of sp³-hybridized carbons (Fsp3) is 0.545. The van der Waals surface area contributed by atoms with Gasteiger partial charge in [-0.3, -0.25) is 4.99 Å². The first kappa shape index (κ1) is 9.71. The molecule has 2 rings (SSSR count). The van der Waals surface area contributed by atoms with Crippen molar-refractivity contribution in [2.24, 2.45) is 10.9 Å². The molecule has 0 amide bonds. The van der Waals surface area contributed by atoms with Crippen molar-refractivity contribution in [3.8, 4) is 0 Å². The van der Waals surface area contributed by atoms with Gasteiger partial charge in [0.25, 0.3) is 0 Å². The minimum absolute atomic E-state index is 0.496. The van der Waals surface area contributed by atoms with Crippen LogP contribution in [0.15, 0.2) is 11.1 Å². The lowest BCUT2D eigenvalue weighted by Crippen LogP contribution is -2.21. The minimum Gasteiger partial charge on any atom is -0.335 e. The summed E-state index contributed by atoms with van der Waals surface area (Å²) in [5.41, 5.74) is 1.36. The molecule has 1 aromatic rings. The zero-order valence-electron chi connectivity index (χ0n) is 8.92. The molecule has 3 heteroatoms. The van der Waals surface area contributed by atoms with E-state index in [1.54, 1.807) is 0 Å². The summed E-state index contributed by atoms with van der Waals surface area (Å²) in [4.78, 5) is 5.98. The molecule has 0 atom stereocenters. The summed E-state index contributed by atoms with van der Waals surface area (Å²) < 4.78 is 0. The maximum absolute atomic E-state index is 4.53. The number of nitrogens with one attached hydrogen (secondary N) is 1. The molecule has 1 aliphatic rings. The SMILES string of the molecule is CCc1cc2c(s1)NC(C(C)C)=NC2. The van der Waals surface area contributed by atoms with E-state index in [9.17, 15) is 0 Å². The molecule has 1 aliphatic heterocycles. The smallest absolute Gasteiger partial charge is 0.104 e. The van der Waals surface area contributed by atoms with Crippen LogP contribution >= 0.6 is 11.3 Å². The number of fused-ring (bicyclic) bond motifs is 1. The molecule has 0 saturated heterocycles. The van der Waals surface area contributed by atoms with Gasteiger partial charge in [-0.2, -0.15) is 0 Å². The van der Waals surface area contributed by atoms with Gasteiger partial charge in [-0.15, -0.1) is 11.3 Å². The van der Waals surface area contributed by atoms with Crippen molar-refractivity contribution in [1.29, 1.82) is 0 Å². The maximum Gasteiger partial charge on any atom is 0.104 e. The molecule has 0 aliphatic carbocycles. The van der Waals surface area contributed by atoms with Crippen LogP contribution in [0.4, 0.5) is 5.00 Å². The second-order valence-electron chi connectivity index (χ2n) is 3.90. The summed E-state index contributed by atoms with van der Waals surface area (Å²) in [5, 5.41) is 4.73. The van der Waals surface area contributed by atoms with Crippen molar-refractivity contribution >= 4 is 22.2 Å². The normalized spacial score (nSPS) is 15.0. The highest BCUT2D eigenvalue weighted by Crippen LogP contribution is 2.32. The highest BCUT2D eigenvalue weighted by Gasteiger charge is 2.16. The van der Waals surface area contributed by atoms with Gasteiger partial charge in [0.2, 0.25) is 0 Å². The third-order valence-electron chi connectivity index (χ3n) is 2.42. The Kier molecular flexibility index (Phi) is 2.59. The van der Waals surface area contributed by atoms with Crippen LogP contribution in [-0.2, 0) is 13.0 Å². The molecule has 2 nitrogen and oxygen atoms in total. The topological polar surface area (TPSA) is 24.4 Å². The van der Waals surface area contributed by atoms with Crippen molar-refractivity contribution in [1.82, 2.24) is 0 Å². The van der Waals surface area contributed by atoms with Gasteiger partial charge in [-0.25, -0.2) is 0 Å². The molecule has 0 spiro atoms. The Morgan fingerprint density at radius 2 is 2.36 bits per heavy atom. The first-order valence-corrected chi connectivity index (χ1v) is 5.95. The number of aliphatic imine (C=N–C) groups is 1. The Hall–Kier alpha value is -0.830. The van der Waals surface area contributed by atoms with Crippen molar-refractivity contribution in [3.05, 3.63) is 16.5 Å². The van der Waals surface area contributed by atoms with Crippen LogP contribution in [0.25, 0.3) is 0 Å². The largest absolute Gasteiger partial charge is 0.335 e. The van der Waals surface area contributed by atoms with Gasteiger partial charge in [0.05, 0.1) is 11.5 Å². The predicted octanol–water partition coefficient (Wildman–Crippen LogP) is 3.29. The fourth-order valence-corrected chi connectivity index (χ4v) is 2.55. The number of hydrogen-bond donors (Lipinski definition) is 1. The van der Waals surface area contributed by atoms with Gasteiger partial charge < -0.3 is 5.32 Å². The van der Waals surface area contributed by atoms with E-state index in [-0.39, 0.29) is 0 Å². The van der Waals surface area contributed by atoms with Crippen LogP contribution in [-0.4, -0.2) is 5.84 Å². The molecule has 14 heavy (non-hydrogen) atoms. The lowest BCUT2D eigenvalue weighted by Gasteiger charge is -2.17. The number of aryl methyl sites for hydroxylation is 1. The van der Waals surface area contributed by atoms with Crippen molar-refractivity contribution in [3.63, 3.8) is 0 Å². The van der Waals surface area contributed by atoms with Crippen LogP contribution in [0.1, 0.15) is 31.2 Å². The van der Waals surface area contributed by atoms with Crippen LogP contribution in [0.3, 0.4) is 0 Å². The number of amidine groups is 1. The molecule has 0 aromatic carbocycles. The van der Waals surface area contributed by atoms with Gasteiger partial charge in [0, 0.05) is 16.4 Å². The van der Waals surface area contributed by atoms with Crippen molar-refractivity contribution < 1.29 is 0 Å². The lowest BCUT2D eigenvalue weighted by molar-refractivity contribution is 0.857. The monoisotopic (exact) mass is 208 g/mol. The minimum atomic E-state index is 0.496. The summed E-state index contributed by atoms with van der Waals surface area (Å²) in [6.45, 7) is 7.39. The molecular weight excluding hydrogens is 192 g/mol. The van der Waals surface area contributed by atoms with Gasteiger partial charge in [0.15, 0.2) is 0 Å². The summed E-state index contributed by atoms with van der Waals surface area (Å²) in [6, 6.07) is 2.27. The summed E-state index contributed by atoms with van der Waals surface area (Å²) in [7, 11) is 0. The standard InChI is InChI=1S/C11H16N2S/c1-4-9-5-8-6-12-10(7(2)3)13-11(8)14-9/h5,7H,4,6H2,1-3H3,(H,12,13). The molecule has 1 aromatic heterocycles. The van der Waals surface area contributed by atoms with Crippen LogP contribution in [0.2, 0.25) is 0 Å². The van der Waals surface area contributed by atoms with Gasteiger partial charge in [-0.05, 0) is 12.5 Å². The fourth-order valence-electron chi connectivity index (χ4n) is 1.54. The Morgan fingerprint density at radius 3 is 3.00 bits per heavy atom. The van der Waals surface area contributed by atoms with E-state index in [0.29, 0.717) is 5.92 Å². The third kappa shape index (κ3) is 1.69. The van der Waals surface area contributed by atoms with Crippen molar-refractivity contribution in [2.45, 2.75) is 33.7 Å². The molecule has 0 bridgehead atoms. The molecule has 2 heterocycles. The lowest BCUT2D eigenvalue weighted by atomic mass is 10.1. The summed E-state index contributed by atoms with van der Waals surface area (Å²) in [6.07, 6.45) is 1.12. The molecule has 76 valence electrons. The molecular formula is C11H16N2S. The van der Waals surface area contributed by atoms with E-state index in [1.165, 1.54) is 15.4 Å². The van der Waals surface area contributed by atoms with Crippen molar-refractivity contribution in [2.75, 3.05) is 5.32 Å². The van der Waals surface area contributed by atoms with Crippen LogP contribution in [0.5, 0.6) is 0 Å².